The fourth-order valence-corrected chi connectivity index (χ4v) is 7.54. The van der Waals surface area contributed by atoms with Gasteiger partial charge in [-0.25, -0.2) is 8.42 Å². The summed E-state index contributed by atoms with van der Waals surface area (Å²) in [4.78, 5) is 34.6. The molecule has 186 valence electrons. The van der Waals surface area contributed by atoms with Crippen LogP contribution in [-0.2, 0) is 27.8 Å². The number of aromatic amines is 1. The van der Waals surface area contributed by atoms with Crippen molar-refractivity contribution >= 4 is 55.7 Å². The third-order valence-corrected chi connectivity index (χ3v) is 9.79. The Hall–Kier alpha value is -2.44. The summed E-state index contributed by atoms with van der Waals surface area (Å²) >= 11 is 7.50. The van der Waals surface area contributed by atoms with Crippen LogP contribution in [0.1, 0.15) is 20.1 Å². The third-order valence-electron chi connectivity index (χ3n) is 6.61. The van der Waals surface area contributed by atoms with Crippen molar-refractivity contribution in [2.75, 3.05) is 40.3 Å². The fourth-order valence-electron chi connectivity index (χ4n) is 4.66. The fraction of sp³-hybridized carbons (Fsp3) is 0.391. The third kappa shape index (κ3) is 4.47. The van der Waals surface area contributed by atoms with Gasteiger partial charge in [0.2, 0.25) is 5.91 Å². The van der Waals surface area contributed by atoms with Crippen molar-refractivity contribution in [1.29, 1.82) is 0 Å². The number of hydrogen-bond acceptors (Lipinski definition) is 6. The number of benzene rings is 1. The SMILES string of the molecule is CNC(=O)C1CN(S(=O)(=O)c2cc3cc(Cl)ccc3[nH]2)CCN1C(=O)c1cc2c(s1)CN(C)CC2. The van der Waals surface area contributed by atoms with Crippen molar-refractivity contribution < 1.29 is 18.0 Å². The maximum absolute atomic E-state index is 13.5. The van der Waals surface area contributed by atoms with E-state index in [0.29, 0.717) is 20.8 Å². The van der Waals surface area contributed by atoms with E-state index in [1.54, 1.807) is 18.2 Å². The summed E-state index contributed by atoms with van der Waals surface area (Å²) in [7, 11) is -0.385. The van der Waals surface area contributed by atoms with Crippen molar-refractivity contribution in [3.05, 3.63) is 50.7 Å². The lowest BCUT2D eigenvalue weighted by Gasteiger charge is -2.39. The highest BCUT2D eigenvalue weighted by molar-refractivity contribution is 7.89. The van der Waals surface area contributed by atoms with Crippen LogP contribution in [0.2, 0.25) is 5.02 Å². The van der Waals surface area contributed by atoms with Gasteiger partial charge >= 0.3 is 0 Å². The van der Waals surface area contributed by atoms with E-state index in [4.69, 9.17) is 11.6 Å². The molecule has 2 aliphatic heterocycles. The van der Waals surface area contributed by atoms with E-state index < -0.39 is 22.0 Å². The highest BCUT2D eigenvalue weighted by Gasteiger charge is 2.41. The Bertz CT molecular complexity index is 1420. The van der Waals surface area contributed by atoms with Gasteiger partial charge in [0.05, 0.1) is 4.88 Å². The zero-order valence-corrected chi connectivity index (χ0v) is 21.8. The number of nitrogens with zero attached hydrogens (tertiary/aromatic N) is 3. The minimum Gasteiger partial charge on any atom is -0.357 e. The maximum atomic E-state index is 13.5. The molecule has 2 aromatic heterocycles. The van der Waals surface area contributed by atoms with Gasteiger partial charge in [-0.05, 0) is 49.4 Å². The van der Waals surface area contributed by atoms with Crippen LogP contribution in [0.3, 0.4) is 0 Å². The van der Waals surface area contributed by atoms with Gasteiger partial charge in [0.1, 0.15) is 11.1 Å². The number of hydrogen-bond donors (Lipinski definition) is 2. The highest BCUT2D eigenvalue weighted by atomic mass is 35.5. The molecule has 9 nitrogen and oxygen atoms in total. The van der Waals surface area contributed by atoms with Gasteiger partial charge in [-0.1, -0.05) is 11.6 Å². The lowest BCUT2D eigenvalue weighted by Crippen LogP contribution is -2.61. The second kappa shape index (κ2) is 9.21. The normalized spacial score (nSPS) is 19.6. The molecule has 1 unspecified atom stereocenters. The molecule has 12 heteroatoms. The Morgan fingerprint density at radius 2 is 1.97 bits per heavy atom. The molecule has 2 aliphatic rings. The van der Waals surface area contributed by atoms with Gasteiger partial charge in [-0.3, -0.25) is 9.59 Å². The molecule has 0 aliphatic carbocycles. The van der Waals surface area contributed by atoms with Crippen LogP contribution in [0.5, 0.6) is 0 Å². The number of thiophene rings is 1. The maximum Gasteiger partial charge on any atom is 0.264 e. The Balaban J connectivity index is 1.40. The van der Waals surface area contributed by atoms with Crippen molar-refractivity contribution in [3.8, 4) is 0 Å². The first-order valence-corrected chi connectivity index (χ1v) is 13.9. The van der Waals surface area contributed by atoms with Crippen molar-refractivity contribution in [1.82, 2.24) is 24.4 Å². The number of rotatable bonds is 4. The highest BCUT2D eigenvalue weighted by Crippen LogP contribution is 2.30. The molecule has 1 aromatic carbocycles. The Morgan fingerprint density at radius 3 is 2.74 bits per heavy atom. The molecular formula is C23H26ClN5O4S2. The number of carbonyl (C=O) groups excluding carboxylic acids is 2. The van der Waals surface area contributed by atoms with E-state index in [-0.39, 0.29) is 30.6 Å². The van der Waals surface area contributed by atoms with Crippen LogP contribution in [0, 0.1) is 0 Å². The monoisotopic (exact) mass is 535 g/mol. The van der Waals surface area contributed by atoms with Gasteiger partial charge in [-0.2, -0.15) is 4.31 Å². The zero-order valence-electron chi connectivity index (χ0n) is 19.4. The predicted octanol–water partition coefficient (Wildman–Crippen LogP) is 2.13. The lowest BCUT2D eigenvalue weighted by molar-refractivity contribution is -0.126. The number of carbonyl (C=O) groups is 2. The second-order valence-corrected chi connectivity index (χ2v) is 12.4. The van der Waals surface area contributed by atoms with Crippen LogP contribution in [0.4, 0.5) is 0 Å². The Morgan fingerprint density at radius 1 is 1.17 bits per heavy atom. The molecule has 0 spiro atoms. The number of sulfonamides is 1. The molecule has 1 fully saturated rings. The molecule has 0 saturated carbocycles. The molecule has 35 heavy (non-hydrogen) atoms. The van der Waals surface area contributed by atoms with Crippen molar-refractivity contribution in [2.24, 2.45) is 0 Å². The number of likely N-dealkylation sites (N-methyl/N-ethyl adjacent to an activating group) is 2. The first kappa shape index (κ1) is 24.3. The average Bonchev–Trinajstić information content (AvgIpc) is 3.46. The molecule has 2 N–H and O–H groups in total. The van der Waals surface area contributed by atoms with Gasteiger partial charge in [-0.15, -0.1) is 11.3 Å². The Kier molecular flexibility index (Phi) is 6.39. The number of halogens is 1. The molecule has 0 radical (unpaired) electrons. The van der Waals surface area contributed by atoms with E-state index in [1.807, 2.05) is 13.1 Å². The number of amides is 2. The van der Waals surface area contributed by atoms with Gasteiger partial charge in [0, 0.05) is 60.6 Å². The van der Waals surface area contributed by atoms with Crippen LogP contribution < -0.4 is 5.32 Å². The molecule has 2 amide bonds. The molecule has 4 heterocycles. The second-order valence-electron chi connectivity index (χ2n) is 8.90. The molecule has 0 bridgehead atoms. The zero-order chi connectivity index (χ0) is 24.9. The largest absolute Gasteiger partial charge is 0.357 e. The lowest BCUT2D eigenvalue weighted by atomic mass is 10.1. The Labute approximate surface area is 212 Å². The first-order valence-electron chi connectivity index (χ1n) is 11.3. The molecule has 5 rings (SSSR count). The molecule has 1 saturated heterocycles. The minimum absolute atomic E-state index is 0.0280. The number of nitrogens with one attached hydrogen (secondary N) is 2. The van der Waals surface area contributed by atoms with Gasteiger partial charge in [0.15, 0.2) is 0 Å². The number of piperazine rings is 1. The first-order chi connectivity index (χ1) is 16.7. The van der Waals surface area contributed by atoms with Gasteiger partial charge < -0.3 is 20.1 Å². The predicted molar refractivity (Wildman–Crippen MR) is 135 cm³/mol. The summed E-state index contributed by atoms with van der Waals surface area (Å²) in [5.74, 6) is -0.638. The average molecular weight is 536 g/mol. The van der Waals surface area contributed by atoms with E-state index >= 15 is 0 Å². The van der Waals surface area contributed by atoms with Crippen LogP contribution >= 0.6 is 22.9 Å². The van der Waals surface area contributed by atoms with E-state index in [0.717, 1.165) is 19.5 Å². The summed E-state index contributed by atoms with van der Waals surface area (Å²) in [6.45, 7) is 1.82. The molecule has 1 atom stereocenters. The minimum atomic E-state index is -3.92. The number of fused-ring (bicyclic) bond motifs is 2. The standard InChI is InChI=1S/C23H26ClN5O4S2/c1-25-22(30)18-12-28(35(32,33)21-11-15-9-16(24)3-4-17(15)26-21)7-8-29(18)23(31)19-10-14-5-6-27(2)13-20(14)34-19/h3-4,9-11,18,26H,5-8,12-13H2,1-2H3,(H,25,30). The number of aromatic nitrogens is 1. The topological polar surface area (TPSA) is 106 Å². The van der Waals surface area contributed by atoms with Crippen LogP contribution in [0.25, 0.3) is 10.9 Å². The number of H-pyrrole nitrogens is 1. The van der Waals surface area contributed by atoms with Crippen LogP contribution in [0.15, 0.2) is 35.4 Å². The summed E-state index contributed by atoms with van der Waals surface area (Å²) in [6, 6.07) is 7.62. The summed E-state index contributed by atoms with van der Waals surface area (Å²) < 4.78 is 28.1. The molecular weight excluding hydrogens is 510 g/mol. The van der Waals surface area contributed by atoms with Crippen LogP contribution in [-0.4, -0.2) is 85.6 Å². The van der Waals surface area contributed by atoms with Crippen molar-refractivity contribution in [3.63, 3.8) is 0 Å². The van der Waals surface area contributed by atoms with E-state index in [1.165, 1.54) is 44.1 Å². The van der Waals surface area contributed by atoms with E-state index in [2.05, 4.69) is 15.2 Å². The summed E-state index contributed by atoms with van der Waals surface area (Å²) in [6.07, 6.45) is 0.885. The van der Waals surface area contributed by atoms with Crippen molar-refractivity contribution in [2.45, 2.75) is 24.0 Å². The summed E-state index contributed by atoms with van der Waals surface area (Å²) in [5.41, 5.74) is 1.82. The van der Waals surface area contributed by atoms with E-state index in [9.17, 15) is 18.0 Å². The quantitative estimate of drug-likeness (QED) is 0.532. The summed E-state index contributed by atoms with van der Waals surface area (Å²) in [5, 5.41) is 3.80. The van der Waals surface area contributed by atoms with Gasteiger partial charge in [0.25, 0.3) is 15.9 Å². The smallest absolute Gasteiger partial charge is 0.264 e. The molecule has 3 aromatic rings.